The molecular weight excluding hydrogens is 369 g/mol. The topological polar surface area (TPSA) is 3.88 Å². The summed E-state index contributed by atoms with van der Waals surface area (Å²) in [6.07, 6.45) is 2.21. The van der Waals surface area contributed by atoms with Gasteiger partial charge >= 0.3 is 153 Å². The molecule has 120 valence electrons. The monoisotopic (exact) mass is 388 g/mol. The van der Waals surface area contributed by atoms with Gasteiger partial charge in [0.05, 0.1) is 0 Å². The van der Waals surface area contributed by atoms with E-state index >= 15 is 0 Å². The Labute approximate surface area is 152 Å². The molecule has 25 heavy (non-hydrogen) atoms. The average Bonchev–Trinajstić information content (AvgIpc) is 2.98. The number of pyridine rings is 1. The molecule has 2 heteroatoms. The maximum atomic E-state index is 2.40. The van der Waals surface area contributed by atoms with Crippen LogP contribution in [0.15, 0.2) is 72.9 Å². The minimum absolute atomic E-state index is 0.339. The van der Waals surface area contributed by atoms with Crippen molar-refractivity contribution in [3.63, 3.8) is 0 Å². The van der Waals surface area contributed by atoms with Crippen molar-refractivity contribution in [1.82, 2.24) is 0 Å². The maximum absolute atomic E-state index is 2.40. The van der Waals surface area contributed by atoms with E-state index < -0.39 is 0 Å². The molecule has 0 aliphatic rings. The summed E-state index contributed by atoms with van der Waals surface area (Å²) in [5.74, 6) is 0. The van der Waals surface area contributed by atoms with Gasteiger partial charge in [0.25, 0.3) is 0 Å². The van der Waals surface area contributed by atoms with Gasteiger partial charge in [-0.25, -0.2) is 0 Å². The van der Waals surface area contributed by atoms with Crippen LogP contribution >= 0.6 is 0 Å². The second-order valence-corrected chi connectivity index (χ2v) is 8.84. The molecule has 0 atom stereocenters. The van der Waals surface area contributed by atoms with E-state index in [0.717, 1.165) is 0 Å². The molecule has 0 bridgehead atoms. The molecule has 0 amide bonds. The molecule has 0 saturated carbocycles. The first-order valence-electron chi connectivity index (χ1n) is 8.52. The second kappa shape index (κ2) is 5.56. The number of rotatable bonds is 1. The van der Waals surface area contributed by atoms with Gasteiger partial charge in [0.15, 0.2) is 0 Å². The molecule has 2 heterocycles. The molecule has 5 aromatic rings. The van der Waals surface area contributed by atoms with Crippen LogP contribution < -0.4 is 4.57 Å². The zero-order valence-corrected chi connectivity index (χ0v) is 16.0. The normalized spacial score (nSPS) is 11.6. The predicted molar refractivity (Wildman–Crippen MR) is 107 cm³/mol. The summed E-state index contributed by atoms with van der Waals surface area (Å²) in [5.41, 5.74) is 4.06. The van der Waals surface area contributed by atoms with Crippen molar-refractivity contribution in [2.45, 2.75) is 6.92 Å². The number of fused-ring (bicyclic) bond motifs is 4. The predicted octanol–water partition coefficient (Wildman–Crippen LogP) is 5.00. The van der Waals surface area contributed by atoms with Crippen LogP contribution in [0.2, 0.25) is 0 Å². The van der Waals surface area contributed by atoms with E-state index in [9.17, 15) is 0 Å². The molecule has 0 aliphatic heterocycles. The summed E-state index contributed by atoms with van der Waals surface area (Å²) >= 11 is 0.339. The molecular formula is C23H18NSe+. The fourth-order valence-electron chi connectivity index (χ4n) is 3.71. The Morgan fingerprint density at radius 2 is 1.52 bits per heavy atom. The Kier molecular flexibility index (Phi) is 3.31. The van der Waals surface area contributed by atoms with Gasteiger partial charge in [-0.2, -0.15) is 0 Å². The minimum atomic E-state index is 0.339. The first-order chi connectivity index (χ1) is 12.2. The van der Waals surface area contributed by atoms with Crippen molar-refractivity contribution in [2.75, 3.05) is 0 Å². The van der Waals surface area contributed by atoms with Crippen molar-refractivity contribution in [3.05, 3.63) is 78.5 Å². The van der Waals surface area contributed by atoms with Crippen molar-refractivity contribution < 1.29 is 4.57 Å². The first-order valence-corrected chi connectivity index (χ1v) is 10.2. The SMILES string of the molecule is Cc1ccccc1-c1c2[se]c3cc4ccccc4cc3c2cc[n+]1C. The van der Waals surface area contributed by atoms with Gasteiger partial charge < -0.3 is 0 Å². The number of nitrogens with zero attached hydrogens (tertiary/aromatic N) is 1. The fourth-order valence-corrected chi connectivity index (χ4v) is 6.49. The quantitative estimate of drug-likeness (QED) is 0.281. The van der Waals surface area contributed by atoms with E-state index in [1.807, 2.05) is 0 Å². The molecule has 0 unspecified atom stereocenters. The van der Waals surface area contributed by atoms with Gasteiger partial charge in [-0.05, 0) is 0 Å². The van der Waals surface area contributed by atoms with Crippen LogP contribution in [0.1, 0.15) is 5.56 Å². The Hall–Kier alpha value is -2.41. The zero-order chi connectivity index (χ0) is 17.0. The van der Waals surface area contributed by atoms with E-state index in [0.29, 0.717) is 14.5 Å². The molecule has 3 aromatic carbocycles. The summed E-state index contributed by atoms with van der Waals surface area (Å²) in [7, 11) is 2.16. The third-order valence-corrected chi connectivity index (χ3v) is 7.49. The number of benzene rings is 3. The fraction of sp³-hybridized carbons (Fsp3) is 0.0870. The van der Waals surface area contributed by atoms with Crippen LogP contribution in [0.4, 0.5) is 0 Å². The molecule has 0 fully saturated rings. The Morgan fingerprint density at radius 3 is 2.32 bits per heavy atom. The molecule has 0 radical (unpaired) electrons. The standard InChI is InChI=1S/C23H18NSe/c1-15-7-3-6-10-18(15)22-23-19(11-12-24(22)2)20-13-16-8-4-5-9-17(16)14-21(20)25-23/h3-14H,1-2H3/q+1. The van der Waals surface area contributed by atoms with E-state index in [1.165, 1.54) is 46.9 Å². The average molecular weight is 387 g/mol. The Bertz CT molecular complexity index is 1260. The summed E-state index contributed by atoms with van der Waals surface area (Å²) in [6.45, 7) is 2.21. The van der Waals surface area contributed by atoms with Crippen LogP contribution in [-0.4, -0.2) is 14.5 Å². The second-order valence-electron chi connectivity index (χ2n) is 6.63. The number of aryl methyl sites for hydroxylation is 2. The number of aromatic nitrogens is 1. The van der Waals surface area contributed by atoms with Gasteiger partial charge in [0.2, 0.25) is 0 Å². The number of hydrogen-bond donors (Lipinski definition) is 0. The third-order valence-electron chi connectivity index (χ3n) is 5.03. The van der Waals surface area contributed by atoms with Crippen LogP contribution in [0.5, 0.6) is 0 Å². The van der Waals surface area contributed by atoms with E-state index in [4.69, 9.17) is 0 Å². The van der Waals surface area contributed by atoms with Crippen molar-refractivity contribution >= 4 is 44.6 Å². The first kappa shape index (κ1) is 14.9. The summed E-state index contributed by atoms with van der Waals surface area (Å²) in [5, 5.41) is 5.51. The van der Waals surface area contributed by atoms with E-state index in [1.54, 1.807) is 0 Å². The van der Waals surface area contributed by atoms with Gasteiger partial charge in [0, 0.05) is 0 Å². The van der Waals surface area contributed by atoms with Gasteiger partial charge in [-0.3, -0.25) is 0 Å². The zero-order valence-electron chi connectivity index (χ0n) is 14.3. The van der Waals surface area contributed by atoms with Crippen molar-refractivity contribution in [1.29, 1.82) is 0 Å². The van der Waals surface area contributed by atoms with Crippen molar-refractivity contribution in [3.8, 4) is 11.3 Å². The Morgan fingerprint density at radius 1 is 0.800 bits per heavy atom. The molecule has 0 saturated heterocycles. The van der Waals surface area contributed by atoms with Crippen molar-refractivity contribution in [2.24, 2.45) is 7.05 Å². The summed E-state index contributed by atoms with van der Waals surface area (Å²) in [4.78, 5) is 0. The van der Waals surface area contributed by atoms with Gasteiger partial charge in [-0.1, -0.05) is 0 Å². The summed E-state index contributed by atoms with van der Waals surface area (Å²) < 4.78 is 5.30. The number of hydrogen-bond acceptors (Lipinski definition) is 0. The third kappa shape index (κ3) is 2.26. The molecule has 5 rings (SSSR count). The van der Waals surface area contributed by atoms with Crippen LogP contribution in [0.3, 0.4) is 0 Å². The molecule has 0 N–H and O–H groups in total. The van der Waals surface area contributed by atoms with Gasteiger partial charge in [0.1, 0.15) is 0 Å². The Balaban J connectivity index is 1.94. The van der Waals surface area contributed by atoms with E-state index in [-0.39, 0.29) is 0 Å². The summed E-state index contributed by atoms with van der Waals surface area (Å²) in [6, 6.07) is 24.5. The van der Waals surface area contributed by atoms with Crippen LogP contribution in [0.25, 0.3) is 41.3 Å². The molecule has 1 nitrogen and oxygen atoms in total. The molecule has 2 aromatic heterocycles. The molecule has 0 spiro atoms. The van der Waals surface area contributed by atoms with Gasteiger partial charge in [-0.15, -0.1) is 0 Å². The van der Waals surface area contributed by atoms with Crippen LogP contribution in [0, 0.1) is 6.92 Å². The molecule has 0 aliphatic carbocycles. The van der Waals surface area contributed by atoms with E-state index in [2.05, 4.69) is 91.5 Å². The van der Waals surface area contributed by atoms with Crippen LogP contribution in [-0.2, 0) is 7.05 Å².